The molecular formula is C20H26O3. The molecule has 2 fully saturated rings. The van der Waals surface area contributed by atoms with Crippen LogP contribution in [0, 0.1) is 6.92 Å². The minimum atomic E-state index is -0.583. The summed E-state index contributed by atoms with van der Waals surface area (Å²) in [5.41, 5.74) is 3.94. The van der Waals surface area contributed by atoms with Crippen LogP contribution in [0.5, 0.6) is 0 Å². The van der Waals surface area contributed by atoms with Crippen LogP contribution < -0.4 is 0 Å². The van der Waals surface area contributed by atoms with E-state index < -0.39 is 6.10 Å². The van der Waals surface area contributed by atoms with Crippen molar-refractivity contribution in [3.63, 3.8) is 0 Å². The quantitative estimate of drug-likeness (QED) is 0.854. The zero-order valence-corrected chi connectivity index (χ0v) is 13.8. The Morgan fingerprint density at radius 2 is 2.00 bits per heavy atom. The number of carbonyl (C=O) groups is 1. The molecule has 1 N–H and O–H groups in total. The lowest BCUT2D eigenvalue weighted by Crippen LogP contribution is -2.31. The number of benzene rings is 1. The van der Waals surface area contributed by atoms with Gasteiger partial charge in [0, 0.05) is 6.42 Å². The van der Waals surface area contributed by atoms with Gasteiger partial charge in [-0.15, -0.1) is 0 Å². The van der Waals surface area contributed by atoms with Gasteiger partial charge in [0.1, 0.15) is 6.10 Å². The number of hydrogen-bond donors (Lipinski definition) is 1. The molecule has 0 spiro atoms. The van der Waals surface area contributed by atoms with Crippen molar-refractivity contribution in [2.24, 2.45) is 0 Å². The number of aliphatic hydroxyl groups excluding tert-OH is 1. The van der Waals surface area contributed by atoms with Crippen molar-refractivity contribution in [3.8, 4) is 0 Å². The molecule has 1 aromatic carbocycles. The molecule has 0 amide bonds. The van der Waals surface area contributed by atoms with Gasteiger partial charge in [0.2, 0.25) is 0 Å². The smallest absolute Gasteiger partial charge is 0.309 e. The Morgan fingerprint density at radius 3 is 2.74 bits per heavy atom. The number of rotatable bonds is 3. The van der Waals surface area contributed by atoms with E-state index in [4.69, 9.17) is 4.74 Å². The molecule has 1 saturated heterocycles. The van der Waals surface area contributed by atoms with Gasteiger partial charge in [0.05, 0.1) is 12.5 Å². The maximum absolute atomic E-state index is 11.5. The van der Waals surface area contributed by atoms with E-state index in [0.717, 1.165) is 0 Å². The molecule has 0 aromatic heterocycles. The highest BCUT2D eigenvalue weighted by atomic mass is 16.5. The highest BCUT2D eigenvalue weighted by Gasteiger charge is 2.25. The van der Waals surface area contributed by atoms with Crippen LogP contribution in [0.3, 0.4) is 0 Å². The summed E-state index contributed by atoms with van der Waals surface area (Å²) >= 11 is 0. The second-order valence-electron chi connectivity index (χ2n) is 6.89. The van der Waals surface area contributed by atoms with Crippen LogP contribution in [0.15, 0.2) is 24.3 Å². The van der Waals surface area contributed by atoms with Crippen molar-refractivity contribution in [1.82, 2.24) is 0 Å². The largest absolute Gasteiger partial charge is 0.458 e. The number of aryl methyl sites for hydroxylation is 1. The van der Waals surface area contributed by atoms with E-state index in [9.17, 15) is 9.90 Å². The van der Waals surface area contributed by atoms with Crippen molar-refractivity contribution >= 4 is 12.0 Å². The highest BCUT2D eigenvalue weighted by Crippen LogP contribution is 2.36. The van der Waals surface area contributed by atoms with Crippen LogP contribution in [-0.4, -0.2) is 23.3 Å². The molecule has 3 rings (SSSR count). The van der Waals surface area contributed by atoms with E-state index in [-0.39, 0.29) is 18.5 Å². The fraction of sp³-hybridized carbons (Fsp3) is 0.550. The summed E-state index contributed by atoms with van der Waals surface area (Å²) in [4.78, 5) is 11.5. The first kappa shape index (κ1) is 16.3. The summed E-state index contributed by atoms with van der Waals surface area (Å²) in [5.74, 6) is 0.332. The maximum atomic E-state index is 11.5. The average Bonchev–Trinajstić information content (AvgIpc) is 2.53. The van der Waals surface area contributed by atoms with Gasteiger partial charge in [-0.3, -0.25) is 4.79 Å². The molecule has 1 heterocycles. The number of cyclic esters (lactones) is 1. The Hall–Kier alpha value is -1.61. The number of esters is 1. The number of aliphatic hydroxyl groups is 1. The van der Waals surface area contributed by atoms with Crippen LogP contribution >= 0.6 is 0 Å². The van der Waals surface area contributed by atoms with Crippen LogP contribution in [-0.2, 0) is 9.53 Å². The Labute approximate surface area is 138 Å². The van der Waals surface area contributed by atoms with E-state index in [1.165, 1.54) is 48.8 Å². The number of hydrogen-bond acceptors (Lipinski definition) is 3. The standard InChI is InChI=1S/C20H26O3/c1-14-6-5-9-19(15-7-3-2-4-8-15)18(14)11-10-17-12-16(21)13-20(22)23-17/h5-6,9-11,15-17,21H,2-4,7-8,12-13H2,1H3/b11-10+. The lowest BCUT2D eigenvalue weighted by molar-refractivity contribution is -0.156. The minimum absolute atomic E-state index is 0.113. The fourth-order valence-electron chi connectivity index (χ4n) is 3.83. The van der Waals surface area contributed by atoms with Crippen LogP contribution in [0.4, 0.5) is 0 Å². The lowest BCUT2D eigenvalue weighted by atomic mass is 9.81. The van der Waals surface area contributed by atoms with Crippen molar-refractivity contribution in [3.05, 3.63) is 41.0 Å². The van der Waals surface area contributed by atoms with Gasteiger partial charge in [-0.05, 0) is 48.4 Å². The first-order chi connectivity index (χ1) is 11.1. The topological polar surface area (TPSA) is 46.5 Å². The van der Waals surface area contributed by atoms with E-state index >= 15 is 0 Å². The average molecular weight is 314 g/mol. The summed E-state index contributed by atoms with van der Waals surface area (Å²) in [6.45, 7) is 2.13. The lowest BCUT2D eigenvalue weighted by Gasteiger charge is -2.25. The number of ether oxygens (including phenoxy) is 1. The van der Waals surface area contributed by atoms with Crippen molar-refractivity contribution < 1.29 is 14.6 Å². The Balaban J connectivity index is 1.81. The van der Waals surface area contributed by atoms with E-state index in [1.54, 1.807) is 0 Å². The van der Waals surface area contributed by atoms with Gasteiger partial charge in [-0.2, -0.15) is 0 Å². The summed E-state index contributed by atoms with van der Waals surface area (Å²) in [6.07, 6.45) is 10.2. The molecule has 2 aliphatic rings. The third-order valence-electron chi connectivity index (χ3n) is 5.07. The minimum Gasteiger partial charge on any atom is -0.458 e. The van der Waals surface area contributed by atoms with Gasteiger partial charge in [0.15, 0.2) is 0 Å². The second kappa shape index (κ2) is 7.31. The molecule has 1 aliphatic carbocycles. The van der Waals surface area contributed by atoms with Gasteiger partial charge in [-0.1, -0.05) is 43.5 Å². The molecule has 0 radical (unpaired) electrons. The summed E-state index contributed by atoms with van der Waals surface area (Å²) < 4.78 is 5.32. The zero-order chi connectivity index (χ0) is 16.2. The molecule has 1 aliphatic heterocycles. The van der Waals surface area contributed by atoms with Gasteiger partial charge >= 0.3 is 5.97 Å². The zero-order valence-electron chi connectivity index (χ0n) is 13.8. The first-order valence-corrected chi connectivity index (χ1v) is 8.78. The molecule has 124 valence electrons. The van der Waals surface area contributed by atoms with Gasteiger partial charge < -0.3 is 9.84 Å². The van der Waals surface area contributed by atoms with Crippen molar-refractivity contribution in [1.29, 1.82) is 0 Å². The van der Waals surface area contributed by atoms with Crippen LogP contribution in [0.1, 0.15) is 67.6 Å². The first-order valence-electron chi connectivity index (χ1n) is 8.78. The van der Waals surface area contributed by atoms with Crippen LogP contribution in [0.25, 0.3) is 6.08 Å². The second-order valence-corrected chi connectivity index (χ2v) is 6.89. The van der Waals surface area contributed by atoms with E-state index in [2.05, 4.69) is 31.2 Å². The highest BCUT2D eigenvalue weighted by molar-refractivity contribution is 5.71. The molecule has 2 atom stereocenters. The van der Waals surface area contributed by atoms with E-state index in [0.29, 0.717) is 12.3 Å². The molecule has 1 aromatic rings. The molecule has 2 unspecified atom stereocenters. The Kier molecular flexibility index (Phi) is 5.16. The SMILES string of the molecule is Cc1cccc(C2CCCCC2)c1/C=C/C1CC(O)CC(=O)O1. The van der Waals surface area contributed by atoms with Gasteiger partial charge in [-0.25, -0.2) is 0 Å². The van der Waals surface area contributed by atoms with Crippen molar-refractivity contribution in [2.45, 2.75) is 70.0 Å². The summed E-state index contributed by atoms with van der Waals surface area (Å²) in [7, 11) is 0. The summed E-state index contributed by atoms with van der Waals surface area (Å²) in [5, 5.41) is 9.73. The van der Waals surface area contributed by atoms with Crippen molar-refractivity contribution in [2.75, 3.05) is 0 Å². The van der Waals surface area contributed by atoms with E-state index in [1.807, 2.05) is 6.08 Å². The maximum Gasteiger partial charge on any atom is 0.309 e. The summed E-state index contributed by atoms with van der Waals surface area (Å²) in [6, 6.07) is 6.51. The number of carbonyl (C=O) groups excluding carboxylic acids is 1. The monoisotopic (exact) mass is 314 g/mol. The predicted octanol–water partition coefficient (Wildman–Crippen LogP) is 4.12. The molecule has 23 heavy (non-hydrogen) atoms. The molecule has 3 nitrogen and oxygen atoms in total. The Bertz CT molecular complexity index is 585. The normalized spacial score (nSPS) is 26.4. The molecule has 0 bridgehead atoms. The third-order valence-corrected chi connectivity index (χ3v) is 5.07. The molecule has 3 heteroatoms. The Morgan fingerprint density at radius 1 is 1.22 bits per heavy atom. The predicted molar refractivity (Wildman–Crippen MR) is 91.2 cm³/mol. The van der Waals surface area contributed by atoms with Gasteiger partial charge in [0.25, 0.3) is 0 Å². The third kappa shape index (κ3) is 4.03. The molecule has 1 saturated carbocycles. The molecular weight excluding hydrogens is 288 g/mol. The van der Waals surface area contributed by atoms with Crippen LogP contribution in [0.2, 0.25) is 0 Å². The fourth-order valence-corrected chi connectivity index (χ4v) is 3.83.